The van der Waals surface area contributed by atoms with Crippen LogP contribution < -0.4 is 9.47 Å². The Kier molecular flexibility index (Phi) is 5.79. The number of rotatable bonds is 8. The van der Waals surface area contributed by atoms with E-state index in [9.17, 15) is 18.0 Å². The lowest BCUT2D eigenvalue weighted by Gasteiger charge is -2.13. The van der Waals surface area contributed by atoms with Crippen LogP contribution >= 0.6 is 0 Å². The molecule has 10 heteroatoms. The summed E-state index contributed by atoms with van der Waals surface area (Å²) in [7, 11) is 3.07. The van der Waals surface area contributed by atoms with Gasteiger partial charge in [0.15, 0.2) is 11.4 Å². The van der Waals surface area contributed by atoms with Gasteiger partial charge in [-0.2, -0.15) is 23.3 Å². The van der Waals surface area contributed by atoms with Gasteiger partial charge in [-0.05, 0) is 24.3 Å². The Hall–Kier alpha value is -3.17. The number of ether oxygens (including phenoxy) is 2. The number of nitrogens with zero attached hydrogens (tertiary/aromatic N) is 4. The molecular formula is C22H23F3N4O3. The van der Waals surface area contributed by atoms with Crippen molar-refractivity contribution in [2.75, 3.05) is 13.7 Å². The summed E-state index contributed by atoms with van der Waals surface area (Å²) in [4.78, 5) is 20.7. The third-order valence-electron chi connectivity index (χ3n) is 5.52. The number of aromatic nitrogens is 4. The van der Waals surface area contributed by atoms with Crippen LogP contribution in [0.15, 0.2) is 24.4 Å². The smallest absolute Gasteiger partial charge is 0.417 e. The number of carbonyl (C=O) groups is 1. The van der Waals surface area contributed by atoms with E-state index in [2.05, 4.69) is 15.1 Å². The predicted molar refractivity (Wildman–Crippen MR) is 110 cm³/mol. The van der Waals surface area contributed by atoms with E-state index in [1.54, 1.807) is 19.3 Å². The molecule has 1 fully saturated rings. The van der Waals surface area contributed by atoms with Gasteiger partial charge in [-0.15, -0.1) is 0 Å². The van der Waals surface area contributed by atoms with Crippen LogP contribution in [0.3, 0.4) is 0 Å². The van der Waals surface area contributed by atoms with Crippen LogP contribution in [-0.2, 0) is 18.0 Å². The minimum Gasteiger partial charge on any atom is -0.481 e. The minimum atomic E-state index is -4.59. The Bertz CT molecular complexity index is 1140. The van der Waals surface area contributed by atoms with Crippen LogP contribution in [-0.4, -0.2) is 39.2 Å². The molecule has 1 aliphatic rings. The van der Waals surface area contributed by atoms with Crippen molar-refractivity contribution in [1.82, 2.24) is 19.7 Å². The van der Waals surface area contributed by atoms with Crippen molar-refractivity contribution < 1.29 is 27.4 Å². The largest absolute Gasteiger partial charge is 0.481 e. The lowest BCUT2D eigenvalue weighted by atomic mass is 9.97. The normalized spacial score (nSPS) is 15.1. The zero-order valence-electron chi connectivity index (χ0n) is 17.9. The lowest BCUT2D eigenvalue weighted by molar-refractivity contribution is -0.136. The number of fused-ring (bicyclic) bond motifs is 1. The molecule has 0 bridgehead atoms. The SMILES string of the molecule is COc1ccc(C(C)CC(=O)COc2cc(C(F)(F)F)c3c(C4CC4)nn(C)c3n2)cn1. The summed E-state index contributed by atoms with van der Waals surface area (Å²) >= 11 is 0. The van der Waals surface area contributed by atoms with Crippen LogP contribution in [0.4, 0.5) is 13.2 Å². The summed E-state index contributed by atoms with van der Waals surface area (Å²) in [6, 6.07) is 4.38. The maximum atomic E-state index is 13.8. The highest BCUT2D eigenvalue weighted by Gasteiger charge is 2.39. The zero-order valence-corrected chi connectivity index (χ0v) is 17.9. The molecule has 0 aromatic carbocycles. The maximum Gasteiger partial charge on any atom is 0.417 e. The highest BCUT2D eigenvalue weighted by atomic mass is 19.4. The molecule has 0 aliphatic heterocycles. The average molecular weight is 448 g/mol. The number of carbonyl (C=O) groups excluding carboxylic acids is 1. The molecule has 0 spiro atoms. The Morgan fingerprint density at radius 1 is 1.28 bits per heavy atom. The first-order valence-corrected chi connectivity index (χ1v) is 10.3. The number of alkyl halides is 3. The molecule has 0 N–H and O–H groups in total. The first-order chi connectivity index (χ1) is 15.2. The van der Waals surface area contributed by atoms with Crippen molar-refractivity contribution >= 4 is 16.8 Å². The molecule has 32 heavy (non-hydrogen) atoms. The summed E-state index contributed by atoms with van der Waals surface area (Å²) in [6.45, 7) is 1.49. The fourth-order valence-corrected chi connectivity index (χ4v) is 3.67. The number of aryl methyl sites for hydroxylation is 1. The number of methoxy groups -OCH3 is 1. The molecule has 3 aromatic heterocycles. The molecule has 1 atom stereocenters. The van der Waals surface area contributed by atoms with Gasteiger partial charge in [-0.25, -0.2) is 4.98 Å². The van der Waals surface area contributed by atoms with Crippen LogP contribution in [0, 0.1) is 0 Å². The molecule has 170 valence electrons. The topological polar surface area (TPSA) is 79.1 Å². The van der Waals surface area contributed by atoms with Crippen LogP contribution in [0.1, 0.15) is 54.8 Å². The van der Waals surface area contributed by atoms with Crippen LogP contribution in [0.5, 0.6) is 11.8 Å². The Morgan fingerprint density at radius 2 is 2.03 bits per heavy atom. The molecule has 1 aliphatic carbocycles. The third kappa shape index (κ3) is 4.53. The van der Waals surface area contributed by atoms with Gasteiger partial charge in [0.05, 0.1) is 23.8 Å². The van der Waals surface area contributed by atoms with Gasteiger partial charge in [0.1, 0.15) is 6.61 Å². The Balaban J connectivity index is 1.50. The van der Waals surface area contributed by atoms with Gasteiger partial charge in [0, 0.05) is 37.7 Å². The third-order valence-corrected chi connectivity index (χ3v) is 5.52. The fourth-order valence-electron chi connectivity index (χ4n) is 3.67. The second kappa shape index (κ2) is 8.40. The van der Waals surface area contributed by atoms with Gasteiger partial charge in [0.2, 0.25) is 11.8 Å². The maximum absolute atomic E-state index is 13.8. The van der Waals surface area contributed by atoms with Crippen LogP contribution in [0.2, 0.25) is 0 Å². The molecule has 3 heterocycles. The molecular weight excluding hydrogens is 425 g/mol. The first kappa shape index (κ1) is 22.0. The molecule has 0 radical (unpaired) electrons. The second-order valence-electron chi connectivity index (χ2n) is 8.05. The number of hydrogen-bond donors (Lipinski definition) is 0. The van der Waals surface area contributed by atoms with Crippen molar-refractivity contribution in [3.8, 4) is 11.8 Å². The van der Waals surface area contributed by atoms with Crippen LogP contribution in [0.25, 0.3) is 11.0 Å². The summed E-state index contributed by atoms with van der Waals surface area (Å²) in [6.07, 6.45) is -1.18. The van der Waals surface area contributed by atoms with E-state index in [-0.39, 0.29) is 47.6 Å². The number of pyridine rings is 2. The lowest BCUT2D eigenvalue weighted by Crippen LogP contribution is -2.15. The number of Topliss-reactive ketones (excluding diaryl/α,β-unsaturated/α-hetero) is 1. The Morgan fingerprint density at radius 3 is 2.62 bits per heavy atom. The van der Waals surface area contributed by atoms with E-state index in [4.69, 9.17) is 9.47 Å². The van der Waals surface area contributed by atoms with Crippen molar-refractivity contribution in [3.63, 3.8) is 0 Å². The monoisotopic (exact) mass is 448 g/mol. The number of ketones is 1. The van der Waals surface area contributed by atoms with Gasteiger partial charge < -0.3 is 9.47 Å². The van der Waals surface area contributed by atoms with E-state index >= 15 is 0 Å². The van der Waals surface area contributed by atoms with E-state index in [1.807, 2.05) is 13.0 Å². The molecule has 0 amide bonds. The summed E-state index contributed by atoms with van der Waals surface area (Å²) in [5.74, 6) is -0.139. The summed E-state index contributed by atoms with van der Waals surface area (Å²) in [5, 5.41) is 4.28. The first-order valence-electron chi connectivity index (χ1n) is 10.3. The zero-order chi connectivity index (χ0) is 23.0. The van der Waals surface area contributed by atoms with Gasteiger partial charge >= 0.3 is 6.18 Å². The highest BCUT2D eigenvalue weighted by Crippen LogP contribution is 2.46. The predicted octanol–water partition coefficient (Wildman–Crippen LogP) is 4.41. The van der Waals surface area contributed by atoms with E-state index in [0.717, 1.165) is 24.5 Å². The molecule has 7 nitrogen and oxygen atoms in total. The van der Waals surface area contributed by atoms with Gasteiger partial charge in [-0.3, -0.25) is 9.48 Å². The molecule has 0 saturated heterocycles. The van der Waals surface area contributed by atoms with Gasteiger partial charge in [0.25, 0.3) is 0 Å². The standard InChI is InChI=1S/C22H23F3N4O3/c1-12(14-6-7-17(31-3)26-10-14)8-15(30)11-32-18-9-16(22(23,24)25)19-20(13-4-5-13)28-29(2)21(19)27-18/h6-7,9-10,12-13H,4-5,8,11H2,1-3H3. The Labute approximate surface area is 182 Å². The summed E-state index contributed by atoms with van der Waals surface area (Å²) < 4.78 is 53.1. The quantitative estimate of drug-likeness (QED) is 0.508. The van der Waals surface area contributed by atoms with Gasteiger partial charge in [-0.1, -0.05) is 13.0 Å². The van der Waals surface area contributed by atoms with E-state index in [0.29, 0.717) is 11.6 Å². The molecule has 4 rings (SSSR count). The molecule has 1 unspecified atom stereocenters. The second-order valence-corrected chi connectivity index (χ2v) is 8.05. The van der Waals surface area contributed by atoms with E-state index in [1.165, 1.54) is 11.8 Å². The van der Waals surface area contributed by atoms with Crippen molar-refractivity contribution in [2.45, 2.75) is 44.2 Å². The number of halogens is 3. The minimum absolute atomic E-state index is 0.0156. The van der Waals surface area contributed by atoms with Crippen molar-refractivity contribution in [3.05, 3.63) is 41.2 Å². The molecule has 1 saturated carbocycles. The van der Waals surface area contributed by atoms with Crippen molar-refractivity contribution in [2.24, 2.45) is 7.05 Å². The number of hydrogen-bond acceptors (Lipinski definition) is 6. The van der Waals surface area contributed by atoms with E-state index < -0.39 is 11.7 Å². The summed E-state index contributed by atoms with van der Waals surface area (Å²) in [5.41, 5.74) is 0.534. The highest BCUT2D eigenvalue weighted by molar-refractivity contribution is 5.85. The van der Waals surface area contributed by atoms with Crippen molar-refractivity contribution in [1.29, 1.82) is 0 Å². The molecule has 3 aromatic rings. The average Bonchev–Trinajstić information content (AvgIpc) is 3.55. The fraction of sp³-hybridized carbons (Fsp3) is 0.455.